The minimum absolute atomic E-state index is 0.0796. The highest BCUT2D eigenvalue weighted by Gasteiger charge is 2.28. The van der Waals surface area contributed by atoms with Crippen molar-refractivity contribution < 1.29 is 34.1 Å². The van der Waals surface area contributed by atoms with Crippen molar-refractivity contribution in [2.45, 2.75) is 105 Å². The van der Waals surface area contributed by atoms with Gasteiger partial charge < -0.3 is 23.7 Å². The van der Waals surface area contributed by atoms with E-state index in [1.54, 1.807) is 0 Å². The number of anilines is 2. The third-order valence-corrected chi connectivity index (χ3v) is 7.02. The second kappa shape index (κ2) is 16.3. The van der Waals surface area contributed by atoms with Gasteiger partial charge in [-0.1, -0.05) is 64.1 Å². The van der Waals surface area contributed by atoms with Crippen molar-refractivity contribution in [3.8, 4) is 11.5 Å². The first-order valence-corrected chi connectivity index (χ1v) is 16.0. The minimum Gasteiger partial charge on any atom is -0.489 e. The Balaban J connectivity index is 1.68. The number of nitrogens with zero attached hydrogens (tertiary/aromatic N) is 2. The van der Waals surface area contributed by atoms with Gasteiger partial charge in [0, 0.05) is 0 Å². The van der Waals surface area contributed by atoms with Crippen LogP contribution >= 0.6 is 0 Å². The van der Waals surface area contributed by atoms with E-state index in [-0.39, 0.29) is 10.8 Å². The van der Waals surface area contributed by atoms with Crippen molar-refractivity contribution in [1.82, 2.24) is 0 Å². The molecule has 0 aromatic heterocycles. The lowest BCUT2D eigenvalue weighted by Gasteiger charge is -2.31. The molecule has 0 atom stereocenters. The van der Waals surface area contributed by atoms with Gasteiger partial charge >= 0.3 is 0 Å². The van der Waals surface area contributed by atoms with Crippen LogP contribution in [0.15, 0.2) is 36.4 Å². The van der Waals surface area contributed by atoms with E-state index in [4.69, 9.17) is 23.7 Å². The van der Waals surface area contributed by atoms with Gasteiger partial charge in [0.05, 0.1) is 50.7 Å². The zero-order chi connectivity index (χ0) is 34.1. The van der Waals surface area contributed by atoms with Gasteiger partial charge in [0.2, 0.25) is 0 Å². The molecule has 0 N–H and O–H groups in total. The molecule has 0 aliphatic carbocycles. The summed E-state index contributed by atoms with van der Waals surface area (Å²) in [6, 6.07) is 11.6. The number of ether oxygens (including phenoxy) is 5. The Morgan fingerprint density at radius 3 is 1.02 bits per heavy atom. The van der Waals surface area contributed by atoms with Crippen molar-refractivity contribution in [1.29, 1.82) is 0 Å². The number of hydrogen-bond donors (Lipinski definition) is 0. The Bertz CT molecular complexity index is 1080. The summed E-state index contributed by atoms with van der Waals surface area (Å²) in [5.41, 5.74) is 1.87. The average molecular weight is 631 g/mol. The molecule has 0 saturated carbocycles. The Morgan fingerprint density at radius 2 is 0.756 bits per heavy atom. The van der Waals surface area contributed by atoms with Crippen LogP contribution in [0.5, 0.6) is 11.5 Å². The predicted octanol–water partition coefficient (Wildman–Crippen LogP) is 7.69. The van der Waals surface area contributed by atoms with E-state index in [0.29, 0.717) is 75.7 Å². The fraction of sp³-hybridized carbons (Fsp3) is 0.667. The molecule has 2 aromatic rings. The summed E-state index contributed by atoms with van der Waals surface area (Å²) in [5.74, 6) is 1.10. The zero-order valence-corrected chi connectivity index (χ0v) is 29.9. The molecule has 0 heterocycles. The molecular weight excluding hydrogens is 572 g/mol. The molecule has 254 valence electrons. The van der Waals surface area contributed by atoms with Gasteiger partial charge in [-0.3, -0.25) is 0 Å². The van der Waals surface area contributed by atoms with E-state index in [1.807, 2.05) is 77.9 Å². The Morgan fingerprint density at radius 1 is 0.467 bits per heavy atom. The van der Waals surface area contributed by atoms with E-state index in [1.165, 1.54) is 0 Å². The van der Waals surface area contributed by atoms with E-state index in [2.05, 4.69) is 41.5 Å². The minimum atomic E-state index is -0.591. The fourth-order valence-corrected chi connectivity index (χ4v) is 4.22. The maximum absolute atomic E-state index is 13.0. The standard InChI is InChI=1S/C36H58N2O7/c1-33(2,3)27-13-15-31(29(25-27)37(39)35(7,8)9)44-23-21-42-19-17-41-18-20-43-22-24-45-32-16-14-28(34(4,5)6)26-30(32)38(40)36(10,11)12/h13-16,25-26H,17-24H2,1-12H3. The third-order valence-electron chi connectivity index (χ3n) is 7.02. The molecular formula is C36H58N2O7. The normalized spacial score (nSPS) is 12.8. The maximum Gasteiger partial charge on any atom is 0.145 e. The van der Waals surface area contributed by atoms with Crippen LogP contribution in [-0.2, 0) is 35.5 Å². The topological polar surface area (TPSA) is 92.4 Å². The van der Waals surface area contributed by atoms with E-state index >= 15 is 0 Å². The Labute approximate surface area is 272 Å². The molecule has 0 spiro atoms. The molecule has 2 aromatic carbocycles. The van der Waals surface area contributed by atoms with Gasteiger partial charge in [-0.2, -0.15) is 0 Å². The second-order valence-electron chi connectivity index (χ2n) is 15.3. The largest absolute Gasteiger partial charge is 0.489 e. The fourth-order valence-electron chi connectivity index (χ4n) is 4.22. The Kier molecular flexibility index (Phi) is 14.0. The maximum atomic E-state index is 13.0. The summed E-state index contributed by atoms with van der Waals surface area (Å²) in [5, 5.41) is 28.1. The van der Waals surface area contributed by atoms with E-state index < -0.39 is 11.1 Å². The van der Waals surface area contributed by atoms with Crippen LogP contribution in [0, 0.1) is 0 Å². The molecule has 0 bridgehead atoms. The van der Waals surface area contributed by atoms with Crippen LogP contribution in [0.3, 0.4) is 0 Å². The molecule has 0 unspecified atom stereocenters. The molecule has 2 radical (unpaired) electrons. The summed E-state index contributed by atoms with van der Waals surface area (Å²) in [6.45, 7) is 27.1. The van der Waals surface area contributed by atoms with Crippen molar-refractivity contribution in [2.75, 3.05) is 63.0 Å². The van der Waals surface area contributed by atoms with E-state index in [0.717, 1.165) is 21.3 Å². The molecule has 2 rings (SSSR count). The average Bonchev–Trinajstić information content (AvgIpc) is 2.92. The van der Waals surface area contributed by atoms with Crippen molar-refractivity contribution in [2.24, 2.45) is 0 Å². The van der Waals surface area contributed by atoms with Crippen LogP contribution in [0.1, 0.15) is 94.2 Å². The van der Waals surface area contributed by atoms with Crippen molar-refractivity contribution in [3.05, 3.63) is 47.5 Å². The van der Waals surface area contributed by atoms with Crippen LogP contribution in [0.25, 0.3) is 0 Å². The van der Waals surface area contributed by atoms with Crippen LogP contribution in [0.4, 0.5) is 11.4 Å². The zero-order valence-electron chi connectivity index (χ0n) is 29.9. The molecule has 9 nitrogen and oxygen atoms in total. The van der Waals surface area contributed by atoms with Gasteiger partial charge in [-0.25, -0.2) is 10.1 Å². The van der Waals surface area contributed by atoms with Gasteiger partial charge in [0.15, 0.2) is 0 Å². The summed E-state index contributed by atoms with van der Waals surface area (Å²) in [7, 11) is 0. The monoisotopic (exact) mass is 630 g/mol. The molecule has 0 fully saturated rings. The number of hydrogen-bond acceptors (Lipinski definition) is 7. The summed E-state index contributed by atoms with van der Waals surface area (Å²) in [4.78, 5) is 0. The van der Waals surface area contributed by atoms with E-state index in [9.17, 15) is 10.4 Å². The van der Waals surface area contributed by atoms with Crippen molar-refractivity contribution in [3.63, 3.8) is 0 Å². The smallest absolute Gasteiger partial charge is 0.145 e. The van der Waals surface area contributed by atoms with Gasteiger partial charge in [0.1, 0.15) is 36.1 Å². The number of hydroxylamine groups is 2. The Hall–Kier alpha value is -2.56. The molecule has 0 saturated heterocycles. The highest BCUT2D eigenvalue weighted by atomic mass is 16.6. The lowest BCUT2D eigenvalue weighted by Crippen LogP contribution is -2.38. The van der Waals surface area contributed by atoms with Gasteiger partial charge in [-0.05, 0) is 87.8 Å². The first kappa shape index (κ1) is 38.6. The quantitative estimate of drug-likeness (QED) is 0.139. The predicted molar refractivity (Wildman–Crippen MR) is 180 cm³/mol. The highest BCUT2D eigenvalue weighted by Crippen LogP contribution is 2.37. The lowest BCUT2D eigenvalue weighted by molar-refractivity contribution is 0.00479. The molecule has 45 heavy (non-hydrogen) atoms. The van der Waals surface area contributed by atoms with Gasteiger partial charge in [0.25, 0.3) is 0 Å². The van der Waals surface area contributed by atoms with Crippen molar-refractivity contribution >= 4 is 11.4 Å². The second-order valence-corrected chi connectivity index (χ2v) is 15.3. The number of rotatable bonds is 16. The van der Waals surface area contributed by atoms with Crippen LogP contribution in [0.2, 0.25) is 0 Å². The first-order valence-electron chi connectivity index (χ1n) is 16.0. The molecule has 9 heteroatoms. The van der Waals surface area contributed by atoms with Crippen LogP contribution < -0.4 is 19.6 Å². The van der Waals surface area contributed by atoms with Gasteiger partial charge in [-0.15, -0.1) is 0 Å². The van der Waals surface area contributed by atoms with Crippen LogP contribution in [-0.4, -0.2) is 63.9 Å². The highest BCUT2D eigenvalue weighted by molar-refractivity contribution is 5.61. The summed E-state index contributed by atoms with van der Waals surface area (Å²) >= 11 is 0. The molecule has 0 aliphatic rings. The lowest BCUT2D eigenvalue weighted by atomic mass is 9.86. The first-order chi connectivity index (χ1) is 20.7. The summed E-state index contributed by atoms with van der Waals surface area (Å²) in [6.07, 6.45) is 0. The third kappa shape index (κ3) is 12.6. The summed E-state index contributed by atoms with van der Waals surface area (Å²) < 4.78 is 28.8. The molecule has 0 amide bonds. The number of benzene rings is 2. The SMILES string of the molecule is CC(C)(C)c1ccc(OCCOCCOCCOCCOc2ccc(C(C)(C)C)cc2N([O])C(C)(C)C)c(N([O])C(C)(C)C)c1. The molecule has 0 aliphatic heterocycles.